The van der Waals surface area contributed by atoms with E-state index in [1.165, 1.54) is 17.5 Å². The quantitative estimate of drug-likeness (QED) is 0.836. The fourth-order valence-electron chi connectivity index (χ4n) is 0.883. The first kappa shape index (κ1) is 8.58. The van der Waals surface area contributed by atoms with E-state index < -0.39 is 0 Å². The van der Waals surface area contributed by atoms with Gasteiger partial charge in [-0.1, -0.05) is 0 Å². The standard InChI is InChI=1S/C7H4BrN3OS/c8-4-1-2-13-7(4)6(12)5-3-9-11-10-5/h1-3H,(H,9,10,11). The average molecular weight is 258 g/mol. The van der Waals surface area contributed by atoms with Crippen LogP contribution >= 0.6 is 27.3 Å². The van der Waals surface area contributed by atoms with E-state index in [1.807, 2.05) is 11.4 Å². The minimum atomic E-state index is -0.115. The van der Waals surface area contributed by atoms with Crippen molar-refractivity contribution in [2.45, 2.75) is 0 Å². The molecule has 2 aromatic rings. The van der Waals surface area contributed by atoms with Gasteiger partial charge < -0.3 is 0 Å². The molecule has 0 bridgehead atoms. The number of hydrogen-bond acceptors (Lipinski definition) is 4. The van der Waals surface area contributed by atoms with Gasteiger partial charge in [0.15, 0.2) is 5.69 Å². The van der Waals surface area contributed by atoms with Gasteiger partial charge in [-0.3, -0.25) is 4.79 Å². The molecule has 0 saturated heterocycles. The molecule has 0 aliphatic rings. The Morgan fingerprint density at radius 2 is 2.46 bits per heavy atom. The lowest BCUT2D eigenvalue weighted by molar-refractivity contribution is 0.103. The van der Waals surface area contributed by atoms with Gasteiger partial charge in [0.2, 0.25) is 5.78 Å². The summed E-state index contributed by atoms with van der Waals surface area (Å²) in [5.74, 6) is -0.115. The van der Waals surface area contributed by atoms with Crippen LogP contribution in [0.4, 0.5) is 0 Å². The fraction of sp³-hybridized carbons (Fsp3) is 0. The number of rotatable bonds is 2. The van der Waals surface area contributed by atoms with Crippen molar-refractivity contribution < 1.29 is 4.79 Å². The summed E-state index contributed by atoms with van der Waals surface area (Å²) >= 11 is 4.66. The third-order valence-corrected chi connectivity index (χ3v) is 3.31. The van der Waals surface area contributed by atoms with Crippen LogP contribution in [-0.4, -0.2) is 21.2 Å². The molecule has 13 heavy (non-hydrogen) atoms. The highest BCUT2D eigenvalue weighted by Crippen LogP contribution is 2.24. The number of aromatic nitrogens is 3. The molecule has 0 aliphatic carbocycles. The first-order valence-corrected chi connectivity index (χ1v) is 5.10. The van der Waals surface area contributed by atoms with Crippen LogP contribution in [-0.2, 0) is 0 Å². The summed E-state index contributed by atoms with van der Waals surface area (Å²) in [6, 6.07) is 1.83. The van der Waals surface area contributed by atoms with Crippen LogP contribution in [0.15, 0.2) is 22.1 Å². The maximum atomic E-state index is 11.6. The number of ketones is 1. The average Bonchev–Trinajstić information content (AvgIpc) is 2.72. The zero-order valence-corrected chi connectivity index (χ0v) is 8.72. The summed E-state index contributed by atoms with van der Waals surface area (Å²) in [5.41, 5.74) is 0.336. The van der Waals surface area contributed by atoms with E-state index in [0.29, 0.717) is 10.6 Å². The molecular weight excluding hydrogens is 254 g/mol. The molecule has 0 unspecified atom stereocenters. The van der Waals surface area contributed by atoms with Gasteiger partial charge in [0, 0.05) is 4.47 Å². The van der Waals surface area contributed by atoms with Gasteiger partial charge in [-0.15, -0.1) is 11.3 Å². The Morgan fingerprint density at radius 1 is 1.62 bits per heavy atom. The molecular formula is C7H4BrN3OS. The molecule has 0 radical (unpaired) electrons. The van der Waals surface area contributed by atoms with Crippen LogP contribution in [0.2, 0.25) is 0 Å². The SMILES string of the molecule is O=C(c1cn[nH]n1)c1sccc1Br. The van der Waals surface area contributed by atoms with Gasteiger partial charge in [-0.2, -0.15) is 15.4 Å². The van der Waals surface area contributed by atoms with Gasteiger partial charge in [0.1, 0.15) is 0 Å². The van der Waals surface area contributed by atoms with Crippen LogP contribution in [0.25, 0.3) is 0 Å². The topological polar surface area (TPSA) is 58.6 Å². The number of hydrogen-bond donors (Lipinski definition) is 1. The minimum Gasteiger partial charge on any atom is -0.286 e. The molecule has 0 aliphatic heterocycles. The molecule has 0 fully saturated rings. The number of carbonyl (C=O) groups excluding carboxylic acids is 1. The number of thiophene rings is 1. The van der Waals surface area contributed by atoms with Crippen LogP contribution in [0.1, 0.15) is 15.4 Å². The van der Waals surface area contributed by atoms with Crippen molar-refractivity contribution in [1.82, 2.24) is 15.4 Å². The number of halogens is 1. The van der Waals surface area contributed by atoms with Crippen molar-refractivity contribution in [1.29, 1.82) is 0 Å². The lowest BCUT2D eigenvalue weighted by atomic mass is 10.2. The van der Waals surface area contributed by atoms with Crippen molar-refractivity contribution in [3.8, 4) is 0 Å². The van der Waals surface area contributed by atoms with Gasteiger partial charge >= 0.3 is 0 Å². The molecule has 0 atom stereocenters. The van der Waals surface area contributed by atoms with E-state index in [-0.39, 0.29) is 5.78 Å². The van der Waals surface area contributed by atoms with E-state index in [4.69, 9.17) is 0 Å². The zero-order valence-electron chi connectivity index (χ0n) is 6.32. The first-order chi connectivity index (χ1) is 6.29. The Morgan fingerprint density at radius 3 is 3.00 bits per heavy atom. The van der Waals surface area contributed by atoms with Gasteiger partial charge in [-0.25, -0.2) is 0 Å². The van der Waals surface area contributed by atoms with Gasteiger partial charge in [0.25, 0.3) is 0 Å². The fourth-order valence-corrected chi connectivity index (χ4v) is 2.38. The summed E-state index contributed by atoms with van der Waals surface area (Å²) < 4.78 is 0.797. The second kappa shape index (κ2) is 3.39. The van der Waals surface area contributed by atoms with E-state index >= 15 is 0 Å². The van der Waals surface area contributed by atoms with Crippen molar-refractivity contribution >= 4 is 33.0 Å². The molecule has 2 heterocycles. The largest absolute Gasteiger partial charge is 0.286 e. The first-order valence-electron chi connectivity index (χ1n) is 3.42. The summed E-state index contributed by atoms with van der Waals surface area (Å²) in [4.78, 5) is 12.3. The maximum Gasteiger partial charge on any atom is 0.225 e. The summed E-state index contributed by atoms with van der Waals surface area (Å²) in [6.07, 6.45) is 1.41. The Balaban J connectivity index is 2.39. The molecule has 4 nitrogen and oxygen atoms in total. The van der Waals surface area contributed by atoms with Crippen molar-refractivity contribution in [2.24, 2.45) is 0 Å². The summed E-state index contributed by atoms with van der Waals surface area (Å²) in [5, 5.41) is 11.5. The number of aromatic amines is 1. The maximum absolute atomic E-state index is 11.6. The Hall–Kier alpha value is -1.01. The molecule has 0 aromatic carbocycles. The van der Waals surface area contributed by atoms with Crippen molar-refractivity contribution in [3.63, 3.8) is 0 Å². The highest BCUT2D eigenvalue weighted by atomic mass is 79.9. The predicted octanol–water partition coefficient (Wildman–Crippen LogP) is 1.86. The third kappa shape index (κ3) is 1.54. The number of nitrogens with one attached hydrogen (secondary N) is 1. The number of nitrogens with zero attached hydrogens (tertiary/aromatic N) is 2. The lowest BCUT2D eigenvalue weighted by Crippen LogP contribution is -1.99. The third-order valence-electron chi connectivity index (χ3n) is 1.47. The van der Waals surface area contributed by atoms with E-state index in [2.05, 4.69) is 31.3 Å². The Kier molecular flexibility index (Phi) is 2.24. The lowest BCUT2D eigenvalue weighted by Gasteiger charge is -1.91. The highest BCUT2D eigenvalue weighted by Gasteiger charge is 2.15. The Bertz CT molecular complexity index is 423. The van der Waals surface area contributed by atoms with E-state index in [0.717, 1.165) is 4.47 Å². The molecule has 0 spiro atoms. The molecule has 0 amide bonds. The monoisotopic (exact) mass is 257 g/mol. The number of carbonyl (C=O) groups is 1. The molecule has 66 valence electrons. The number of H-pyrrole nitrogens is 1. The second-order valence-electron chi connectivity index (χ2n) is 2.28. The summed E-state index contributed by atoms with van der Waals surface area (Å²) in [7, 11) is 0. The predicted molar refractivity (Wildman–Crippen MR) is 51.8 cm³/mol. The summed E-state index contributed by atoms with van der Waals surface area (Å²) in [6.45, 7) is 0. The van der Waals surface area contributed by atoms with Crippen LogP contribution in [0.5, 0.6) is 0 Å². The van der Waals surface area contributed by atoms with Crippen LogP contribution in [0.3, 0.4) is 0 Å². The zero-order chi connectivity index (χ0) is 9.26. The van der Waals surface area contributed by atoms with Gasteiger partial charge in [0.05, 0.1) is 11.1 Å². The molecule has 6 heteroatoms. The van der Waals surface area contributed by atoms with Crippen LogP contribution < -0.4 is 0 Å². The molecule has 2 rings (SSSR count). The van der Waals surface area contributed by atoms with Crippen molar-refractivity contribution in [3.05, 3.63) is 32.7 Å². The molecule has 2 aromatic heterocycles. The highest BCUT2D eigenvalue weighted by molar-refractivity contribution is 9.10. The molecule has 1 N–H and O–H groups in total. The Labute approximate surface area is 86.1 Å². The van der Waals surface area contributed by atoms with Crippen LogP contribution in [0, 0.1) is 0 Å². The smallest absolute Gasteiger partial charge is 0.225 e. The normalized spacial score (nSPS) is 10.2. The van der Waals surface area contributed by atoms with E-state index in [1.54, 1.807) is 0 Å². The van der Waals surface area contributed by atoms with Gasteiger partial charge in [-0.05, 0) is 27.4 Å². The molecule has 0 saturated carbocycles. The van der Waals surface area contributed by atoms with E-state index in [9.17, 15) is 4.79 Å². The minimum absolute atomic E-state index is 0.115. The second-order valence-corrected chi connectivity index (χ2v) is 4.05. The van der Waals surface area contributed by atoms with Crippen molar-refractivity contribution in [2.75, 3.05) is 0 Å².